The van der Waals surface area contributed by atoms with Crippen molar-refractivity contribution in [1.29, 1.82) is 0 Å². The summed E-state index contributed by atoms with van der Waals surface area (Å²) in [6, 6.07) is 7.18. The lowest BCUT2D eigenvalue weighted by molar-refractivity contribution is -0.145. The smallest absolute Gasteiger partial charge is 0.245 e. The van der Waals surface area contributed by atoms with E-state index in [1.807, 2.05) is 38.1 Å². The highest BCUT2D eigenvalue weighted by atomic mass is 35.5. The van der Waals surface area contributed by atoms with Gasteiger partial charge in [-0.1, -0.05) is 44.0 Å². The number of hydrogen-bond acceptors (Lipinski definition) is 2. The second-order valence-electron chi connectivity index (χ2n) is 5.57. The number of piperazine rings is 1. The first kappa shape index (κ1) is 15.8. The molecule has 0 aliphatic carbocycles. The van der Waals surface area contributed by atoms with Crippen molar-refractivity contribution in [2.75, 3.05) is 13.1 Å². The molecule has 1 N–H and O–H groups in total. The van der Waals surface area contributed by atoms with Crippen LogP contribution < -0.4 is 5.32 Å². The number of rotatable bonds is 5. The quantitative estimate of drug-likeness (QED) is 0.907. The fourth-order valence-electron chi connectivity index (χ4n) is 2.45. The fourth-order valence-corrected chi connectivity index (χ4v) is 2.58. The maximum Gasteiger partial charge on any atom is 0.245 e. The summed E-state index contributed by atoms with van der Waals surface area (Å²) in [6.45, 7) is 4.72. The van der Waals surface area contributed by atoms with Crippen LogP contribution in [-0.4, -0.2) is 35.8 Å². The number of amides is 2. The van der Waals surface area contributed by atoms with E-state index in [9.17, 15) is 9.59 Å². The van der Waals surface area contributed by atoms with Gasteiger partial charge in [-0.15, -0.1) is 0 Å². The molecule has 1 aliphatic rings. The molecule has 1 aromatic rings. The van der Waals surface area contributed by atoms with E-state index in [1.165, 1.54) is 0 Å². The maximum absolute atomic E-state index is 12.4. The van der Waals surface area contributed by atoms with Gasteiger partial charge in [0, 0.05) is 11.6 Å². The number of benzene rings is 1. The fraction of sp³-hybridized carbons (Fsp3) is 0.500. The van der Waals surface area contributed by atoms with Gasteiger partial charge in [-0.2, -0.15) is 0 Å². The van der Waals surface area contributed by atoms with E-state index in [4.69, 9.17) is 11.6 Å². The van der Waals surface area contributed by atoms with Crippen molar-refractivity contribution in [3.8, 4) is 0 Å². The van der Waals surface area contributed by atoms with Gasteiger partial charge in [0.1, 0.15) is 6.04 Å². The summed E-state index contributed by atoms with van der Waals surface area (Å²) in [6.07, 6.45) is 1.59. The Balaban J connectivity index is 1.99. The molecule has 2 amide bonds. The molecule has 0 saturated carbocycles. The van der Waals surface area contributed by atoms with E-state index in [0.717, 1.165) is 18.4 Å². The molecule has 21 heavy (non-hydrogen) atoms. The molecule has 1 heterocycles. The minimum Gasteiger partial charge on any atom is -0.342 e. The van der Waals surface area contributed by atoms with Crippen LogP contribution in [0.25, 0.3) is 0 Å². The van der Waals surface area contributed by atoms with E-state index >= 15 is 0 Å². The van der Waals surface area contributed by atoms with Crippen LogP contribution in [0.3, 0.4) is 0 Å². The van der Waals surface area contributed by atoms with Crippen LogP contribution in [0.4, 0.5) is 0 Å². The first-order valence-corrected chi connectivity index (χ1v) is 7.71. The Labute approximate surface area is 130 Å². The number of nitrogens with one attached hydrogen (secondary N) is 1. The lowest BCUT2D eigenvalue weighted by atomic mass is 9.96. The summed E-state index contributed by atoms with van der Waals surface area (Å²) in [4.78, 5) is 25.9. The Hall–Kier alpha value is -1.55. The number of nitrogens with zero attached hydrogens (tertiary/aromatic N) is 1. The van der Waals surface area contributed by atoms with Crippen LogP contribution in [0, 0.1) is 5.92 Å². The lowest BCUT2D eigenvalue weighted by Gasteiger charge is -2.35. The monoisotopic (exact) mass is 308 g/mol. The molecule has 5 heteroatoms. The number of hydrogen-bond donors (Lipinski definition) is 1. The minimum absolute atomic E-state index is 0.0258. The molecule has 0 aromatic heterocycles. The van der Waals surface area contributed by atoms with Gasteiger partial charge in [-0.05, 0) is 30.0 Å². The van der Waals surface area contributed by atoms with Crippen molar-refractivity contribution >= 4 is 23.4 Å². The molecule has 0 bridgehead atoms. The van der Waals surface area contributed by atoms with Crippen LogP contribution in [-0.2, 0) is 16.0 Å². The van der Waals surface area contributed by atoms with Crippen LogP contribution in [0.2, 0.25) is 5.02 Å². The maximum atomic E-state index is 12.4. The topological polar surface area (TPSA) is 49.4 Å². The van der Waals surface area contributed by atoms with Crippen molar-refractivity contribution in [1.82, 2.24) is 10.2 Å². The standard InChI is InChI=1S/C16H21ClN2O2/c1-3-11(2)15-16(21)19(10-14(20)18-15)9-8-12-4-6-13(17)7-5-12/h4-7,11,15H,3,8-10H2,1-2H3,(H,18,20). The van der Waals surface area contributed by atoms with E-state index in [1.54, 1.807) is 4.90 Å². The van der Waals surface area contributed by atoms with Crippen LogP contribution in [0.5, 0.6) is 0 Å². The summed E-state index contributed by atoms with van der Waals surface area (Å²) in [5, 5.41) is 3.50. The zero-order valence-electron chi connectivity index (χ0n) is 12.4. The molecular weight excluding hydrogens is 288 g/mol. The Morgan fingerprint density at radius 2 is 2.00 bits per heavy atom. The highest BCUT2D eigenvalue weighted by Crippen LogP contribution is 2.15. The summed E-state index contributed by atoms with van der Waals surface area (Å²) < 4.78 is 0. The normalized spacial score (nSPS) is 20.3. The Bertz CT molecular complexity index is 516. The Kier molecular flexibility index (Phi) is 5.23. The Morgan fingerprint density at radius 3 is 2.62 bits per heavy atom. The molecule has 114 valence electrons. The average molecular weight is 309 g/mol. The first-order chi connectivity index (χ1) is 10.0. The molecule has 2 unspecified atom stereocenters. The molecule has 1 aliphatic heterocycles. The number of carbonyl (C=O) groups excluding carboxylic acids is 2. The van der Waals surface area contributed by atoms with Crippen molar-refractivity contribution in [3.05, 3.63) is 34.9 Å². The third-order valence-corrected chi connectivity index (χ3v) is 4.28. The number of carbonyl (C=O) groups is 2. The number of halogens is 1. The minimum atomic E-state index is -0.388. The Morgan fingerprint density at radius 1 is 1.33 bits per heavy atom. The second kappa shape index (κ2) is 6.94. The predicted molar refractivity (Wildman–Crippen MR) is 83.1 cm³/mol. The molecule has 2 atom stereocenters. The van der Waals surface area contributed by atoms with Gasteiger partial charge in [-0.3, -0.25) is 9.59 Å². The zero-order valence-corrected chi connectivity index (χ0v) is 13.2. The largest absolute Gasteiger partial charge is 0.342 e. The van der Waals surface area contributed by atoms with Crippen molar-refractivity contribution < 1.29 is 9.59 Å². The van der Waals surface area contributed by atoms with Gasteiger partial charge in [0.05, 0.1) is 6.54 Å². The van der Waals surface area contributed by atoms with Gasteiger partial charge in [0.15, 0.2) is 0 Å². The van der Waals surface area contributed by atoms with Crippen molar-refractivity contribution in [2.45, 2.75) is 32.7 Å². The lowest BCUT2D eigenvalue weighted by Crippen LogP contribution is -2.60. The molecule has 1 aromatic carbocycles. The van der Waals surface area contributed by atoms with E-state index in [-0.39, 0.29) is 30.3 Å². The average Bonchev–Trinajstić information content (AvgIpc) is 2.48. The van der Waals surface area contributed by atoms with Gasteiger partial charge >= 0.3 is 0 Å². The third kappa shape index (κ3) is 3.97. The molecule has 4 nitrogen and oxygen atoms in total. The van der Waals surface area contributed by atoms with Crippen LogP contribution >= 0.6 is 11.6 Å². The molecular formula is C16H21ClN2O2. The SMILES string of the molecule is CCC(C)C1NC(=O)CN(CCc2ccc(Cl)cc2)C1=O. The third-order valence-electron chi connectivity index (χ3n) is 4.03. The van der Waals surface area contributed by atoms with E-state index in [2.05, 4.69) is 5.32 Å². The summed E-state index contributed by atoms with van der Waals surface area (Å²) in [5.41, 5.74) is 1.11. The molecule has 1 saturated heterocycles. The van der Waals surface area contributed by atoms with E-state index in [0.29, 0.717) is 11.6 Å². The van der Waals surface area contributed by atoms with Gasteiger partial charge in [-0.25, -0.2) is 0 Å². The molecule has 2 rings (SSSR count). The van der Waals surface area contributed by atoms with Crippen molar-refractivity contribution in [3.63, 3.8) is 0 Å². The van der Waals surface area contributed by atoms with Crippen molar-refractivity contribution in [2.24, 2.45) is 5.92 Å². The van der Waals surface area contributed by atoms with E-state index < -0.39 is 0 Å². The summed E-state index contributed by atoms with van der Waals surface area (Å²) >= 11 is 5.86. The molecule has 0 spiro atoms. The van der Waals surface area contributed by atoms with Crippen LogP contribution in [0.1, 0.15) is 25.8 Å². The zero-order chi connectivity index (χ0) is 15.4. The highest BCUT2D eigenvalue weighted by molar-refractivity contribution is 6.30. The summed E-state index contributed by atoms with van der Waals surface area (Å²) in [5.74, 6) is 0.105. The van der Waals surface area contributed by atoms with Gasteiger partial charge in [0.25, 0.3) is 0 Å². The first-order valence-electron chi connectivity index (χ1n) is 7.34. The highest BCUT2D eigenvalue weighted by Gasteiger charge is 2.34. The molecule has 1 fully saturated rings. The second-order valence-corrected chi connectivity index (χ2v) is 6.00. The summed E-state index contributed by atoms with van der Waals surface area (Å²) in [7, 11) is 0. The van der Waals surface area contributed by atoms with Crippen LogP contribution in [0.15, 0.2) is 24.3 Å². The molecule has 0 radical (unpaired) electrons. The predicted octanol–water partition coefficient (Wildman–Crippen LogP) is 2.26. The van der Waals surface area contributed by atoms with Gasteiger partial charge in [0.2, 0.25) is 11.8 Å². The van der Waals surface area contributed by atoms with Gasteiger partial charge < -0.3 is 10.2 Å².